The number of hydrogen-bond donors (Lipinski definition) is 1. The van der Waals surface area contributed by atoms with Crippen LogP contribution in [0.1, 0.15) is 12.8 Å². The van der Waals surface area contributed by atoms with Crippen LogP contribution in [-0.4, -0.2) is 41.7 Å². The Morgan fingerprint density at radius 2 is 2.12 bits per heavy atom. The number of nitrogens with zero attached hydrogens (tertiary/aromatic N) is 1. The van der Waals surface area contributed by atoms with E-state index in [4.69, 9.17) is 4.74 Å². The first kappa shape index (κ1) is 11.9. The first-order valence-electron chi connectivity index (χ1n) is 5.89. The number of aliphatic hydroxyl groups is 1. The van der Waals surface area contributed by atoms with E-state index in [1.165, 1.54) is 0 Å². The fourth-order valence-electron chi connectivity index (χ4n) is 1.91. The quantitative estimate of drug-likeness (QED) is 0.830. The summed E-state index contributed by atoms with van der Waals surface area (Å²) >= 11 is 0. The third-order valence-electron chi connectivity index (χ3n) is 2.79. The van der Waals surface area contributed by atoms with Crippen molar-refractivity contribution in [3.63, 3.8) is 0 Å². The van der Waals surface area contributed by atoms with Crippen LogP contribution in [0.2, 0.25) is 0 Å². The van der Waals surface area contributed by atoms with Crippen LogP contribution in [0.25, 0.3) is 0 Å². The van der Waals surface area contributed by atoms with Gasteiger partial charge in [0.15, 0.2) is 0 Å². The zero-order chi connectivity index (χ0) is 12.1. The molecule has 1 N–H and O–H groups in total. The van der Waals surface area contributed by atoms with Gasteiger partial charge in [0.1, 0.15) is 18.5 Å². The fourth-order valence-corrected chi connectivity index (χ4v) is 1.91. The lowest BCUT2D eigenvalue weighted by atomic mass is 10.3. The van der Waals surface area contributed by atoms with E-state index in [1.54, 1.807) is 4.90 Å². The number of aliphatic hydroxyl groups excluding tert-OH is 1. The van der Waals surface area contributed by atoms with Crippen molar-refractivity contribution >= 4 is 5.91 Å². The molecule has 1 aliphatic rings. The summed E-state index contributed by atoms with van der Waals surface area (Å²) in [6, 6.07) is 9.35. The van der Waals surface area contributed by atoms with E-state index in [0.717, 1.165) is 18.7 Å². The third kappa shape index (κ3) is 3.46. The van der Waals surface area contributed by atoms with Crippen molar-refractivity contribution in [2.45, 2.75) is 18.9 Å². The molecule has 1 aromatic carbocycles. The molecular weight excluding hydrogens is 218 g/mol. The van der Waals surface area contributed by atoms with Crippen LogP contribution in [0, 0.1) is 0 Å². The lowest BCUT2D eigenvalue weighted by molar-refractivity contribution is -0.129. The molecule has 4 heteroatoms. The Hall–Kier alpha value is -1.55. The molecule has 1 aromatic rings. The predicted molar refractivity (Wildman–Crippen MR) is 63.8 cm³/mol. The first-order valence-corrected chi connectivity index (χ1v) is 5.89. The van der Waals surface area contributed by atoms with E-state index in [1.807, 2.05) is 30.3 Å². The van der Waals surface area contributed by atoms with E-state index in [-0.39, 0.29) is 12.5 Å². The maximum absolute atomic E-state index is 11.4. The minimum Gasteiger partial charge on any atom is -0.491 e. The topological polar surface area (TPSA) is 49.8 Å². The molecule has 1 atom stereocenters. The van der Waals surface area contributed by atoms with Gasteiger partial charge in [-0.05, 0) is 18.6 Å². The summed E-state index contributed by atoms with van der Waals surface area (Å²) in [5.41, 5.74) is 0. The molecule has 0 aliphatic carbocycles. The van der Waals surface area contributed by atoms with Crippen molar-refractivity contribution in [2.75, 3.05) is 19.7 Å². The highest BCUT2D eigenvalue weighted by Crippen LogP contribution is 2.11. The Morgan fingerprint density at radius 3 is 2.76 bits per heavy atom. The molecule has 0 radical (unpaired) electrons. The smallest absolute Gasteiger partial charge is 0.222 e. The second-order valence-corrected chi connectivity index (χ2v) is 4.22. The van der Waals surface area contributed by atoms with Gasteiger partial charge in [-0.3, -0.25) is 4.79 Å². The van der Waals surface area contributed by atoms with E-state index < -0.39 is 6.10 Å². The number of carbonyl (C=O) groups excluding carboxylic acids is 1. The Balaban J connectivity index is 1.74. The van der Waals surface area contributed by atoms with Gasteiger partial charge in [-0.2, -0.15) is 0 Å². The predicted octanol–water partition coefficient (Wildman–Crippen LogP) is 1.05. The van der Waals surface area contributed by atoms with Gasteiger partial charge in [-0.1, -0.05) is 18.2 Å². The minimum atomic E-state index is -0.628. The molecule has 0 aromatic heterocycles. The average molecular weight is 235 g/mol. The highest BCUT2D eigenvalue weighted by Gasteiger charge is 2.22. The Kier molecular flexibility index (Phi) is 3.98. The Bertz CT molecular complexity index is 366. The van der Waals surface area contributed by atoms with Crippen molar-refractivity contribution in [1.82, 2.24) is 4.90 Å². The van der Waals surface area contributed by atoms with Crippen molar-refractivity contribution < 1.29 is 14.6 Å². The number of para-hydroxylation sites is 1. The highest BCUT2D eigenvalue weighted by atomic mass is 16.5. The zero-order valence-corrected chi connectivity index (χ0v) is 9.71. The summed E-state index contributed by atoms with van der Waals surface area (Å²) in [4.78, 5) is 13.1. The van der Waals surface area contributed by atoms with Gasteiger partial charge in [0, 0.05) is 19.5 Å². The normalized spacial score (nSPS) is 17.2. The maximum atomic E-state index is 11.4. The molecule has 1 heterocycles. The molecule has 2 rings (SSSR count). The molecule has 0 unspecified atom stereocenters. The van der Waals surface area contributed by atoms with Gasteiger partial charge in [0.25, 0.3) is 0 Å². The van der Waals surface area contributed by atoms with Gasteiger partial charge >= 0.3 is 0 Å². The maximum Gasteiger partial charge on any atom is 0.222 e. The van der Waals surface area contributed by atoms with E-state index in [0.29, 0.717) is 13.0 Å². The molecule has 0 saturated carbocycles. The van der Waals surface area contributed by atoms with Crippen molar-refractivity contribution in [2.24, 2.45) is 0 Å². The third-order valence-corrected chi connectivity index (χ3v) is 2.79. The largest absolute Gasteiger partial charge is 0.491 e. The summed E-state index contributed by atoms with van der Waals surface area (Å²) in [6.45, 7) is 1.33. The van der Waals surface area contributed by atoms with E-state index >= 15 is 0 Å². The molecule has 1 saturated heterocycles. The number of β-amino-alcohol motifs (C(OH)–C–C–N with tert-alkyl or cyclic N) is 1. The van der Waals surface area contributed by atoms with Gasteiger partial charge in [-0.25, -0.2) is 0 Å². The van der Waals surface area contributed by atoms with E-state index in [2.05, 4.69) is 0 Å². The van der Waals surface area contributed by atoms with Crippen LogP contribution < -0.4 is 4.74 Å². The SMILES string of the molecule is O=C1CCCN1C[C@H](O)COc1ccccc1. The van der Waals surface area contributed by atoms with Gasteiger partial charge in [0.2, 0.25) is 5.91 Å². The Labute approximate surface area is 101 Å². The summed E-state index contributed by atoms with van der Waals surface area (Å²) in [6.07, 6.45) is 0.870. The van der Waals surface area contributed by atoms with E-state index in [9.17, 15) is 9.90 Å². The second kappa shape index (κ2) is 5.68. The molecule has 17 heavy (non-hydrogen) atoms. The van der Waals surface area contributed by atoms with Crippen molar-refractivity contribution in [3.8, 4) is 5.75 Å². The number of hydrogen-bond acceptors (Lipinski definition) is 3. The van der Waals surface area contributed by atoms with Crippen LogP contribution in [0.15, 0.2) is 30.3 Å². The van der Waals surface area contributed by atoms with Crippen LogP contribution in [0.5, 0.6) is 5.75 Å². The second-order valence-electron chi connectivity index (χ2n) is 4.22. The number of benzene rings is 1. The summed E-state index contributed by atoms with van der Waals surface area (Å²) in [7, 11) is 0. The lowest BCUT2D eigenvalue weighted by Gasteiger charge is -2.20. The number of likely N-dealkylation sites (tertiary alicyclic amines) is 1. The fraction of sp³-hybridized carbons (Fsp3) is 0.462. The number of amides is 1. The standard InChI is InChI=1S/C13H17NO3/c15-11(9-14-8-4-7-13(14)16)10-17-12-5-2-1-3-6-12/h1-3,5-6,11,15H,4,7-10H2/t11-/m0/s1. The average Bonchev–Trinajstić information content (AvgIpc) is 2.74. The molecular formula is C13H17NO3. The van der Waals surface area contributed by atoms with Crippen LogP contribution in [0.3, 0.4) is 0 Å². The molecule has 92 valence electrons. The highest BCUT2D eigenvalue weighted by molar-refractivity contribution is 5.78. The monoisotopic (exact) mass is 235 g/mol. The molecule has 0 bridgehead atoms. The summed E-state index contributed by atoms with van der Waals surface area (Å²) in [5, 5.41) is 9.77. The Morgan fingerprint density at radius 1 is 1.35 bits per heavy atom. The summed E-state index contributed by atoms with van der Waals surface area (Å²) in [5.74, 6) is 0.864. The minimum absolute atomic E-state index is 0.128. The number of ether oxygens (including phenoxy) is 1. The van der Waals surface area contributed by atoms with Gasteiger partial charge in [-0.15, -0.1) is 0 Å². The first-order chi connectivity index (χ1) is 8.25. The molecule has 4 nitrogen and oxygen atoms in total. The molecule has 1 aliphatic heterocycles. The van der Waals surface area contributed by atoms with Crippen molar-refractivity contribution in [1.29, 1.82) is 0 Å². The number of rotatable bonds is 5. The number of carbonyl (C=O) groups is 1. The van der Waals surface area contributed by atoms with Gasteiger partial charge < -0.3 is 14.7 Å². The van der Waals surface area contributed by atoms with Crippen molar-refractivity contribution in [3.05, 3.63) is 30.3 Å². The van der Waals surface area contributed by atoms with Gasteiger partial charge in [0.05, 0.1) is 0 Å². The molecule has 0 spiro atoms. The zero-order valence-electron chi connectivity index (χ0n) is 9.71. The van der Waals surface area contributed by atoms with Crippen LogP contribution in [-0.2, 0) is 4.79 Å². The molecule has 1 fully saturated rings. The lowest BCUT2D eigenvalue weighted by Crippen LogP contribution is -2.36. The van der Waals surface area contributed by atoms with Crippen LogP contribution in [0.4, 0.5) is 0 Å². The summed E-state index contributed by atoms with van der Waals surface area (Å²) < 4.78 is 5.43. The molecule has 1 amide bonds. The van der Waals surface area contributed by atoms with Crippen LogP contribution >= 0.6 is 0 Å².